The zero-order chi connectivity index (χ0) is 20.0. The largest absolute Gasteiger partial charge is 0.388 e. The molecule has 7 nitrogen and oxygen atoms in total. The predicted octanol–water partition coefficient (Wildman–Crippen LogP) is 2.88. The Morgan fingerprint density at radius 2 is 1.71 bits per heavy atom. The van der Waals surface area contributed by atoms with Crippen molar-refractivity contribution in [3.05, 3.63) is 24.3 Å². The van der Waals surface area contributed by atoms with E-state index >= 15 is 0 Å². The second-order valence-corrected chi connectivity index (χ2v) is 8.00. The van der Waals surface area contributed by atoms with Gasteiger partial charge in [-0.05, 0) is 63.4 Å². The number of piperidine rings is 1. The summed E-state index contributed by atoms with van der Waals surface area (Å²) in [6, 6.07) is 7.02. The number of hydrogen-bond acceptors (Lipinski definition) is 4. The molecule has 0 atom stereocenters. The lowest BCUT2D eigenvalue weighted by Crippen LogP contribution is -2.52. The molecule has 2 heterocycles. The van der Waals surface area contributed by atoms with Crippen molar-refractivity contribution in [1.82, 2.24) is 9.80 Å². The maximum Gasteiger partial charge on any atom is 0.321 e. The monoisotopic (exact) mass is 388 g/mol. The van der Waals surface area contributed by atoms with Crippen LogP contribution in [0.4, 0.5) is 16.2 Å². The molecule has 2 fully saturated rings. The van der Waals surface area contributed by atoms with E-state index in [1.807, 2.05) is 19.1 Å². The Balaban J connectivity index is 1.49. The topological polar surface area (TPSA) is 84.9 Å². The summed E-state index contributed by atoms with van der Waals surface area (Å²) in [5.74, 6) is -0.0284. The third kappa shape index (κ3) is 5.69. The number of rotatable bonds is 6. The van der Waals surface area contributed by atoms with Crippen molar-refractivity contribution in [3.8, 4) is 0 Å². The number of nitrogens with zero attached hydrogens (tertiary/aromatic N) is 2. The number of urea groups is 1. The Morgan fingerprint density at radius 1 is 1.07 bits per heavy atom. The van der Waals surface area contributed by atoms with E-state index in [-0.39, 0.29) is 11.9 Å². The molecule has 3 amide bonds. The van der Waals surface area contributed by atoms with E-state index in [0.29, 0.717) is 50.3 Å². The number of β-amino-alcohol motifs (C(OH)–C–C–N with tert-alkyl or cyclic N) is 1. The van der Waals surface area contributed by atoms with E-state index in [1.165, 1.54) is 12.8 Å². The first-order valence-electron chi connectivity index (χ1n) is 10.4. The van der Waals surface area contributed by atoms with Gasteiger partial charge in [-0.25, -0.2) is 4.79 Å². The average molecular weight is 389 g/mol. The number of anilines is 2. The van der Waals surface area contributed by atoms with Crippen LogP contribution in [0.15, 0.2) is 24.3 Å². The van der Waals surface area contributed by atoms with Gasteiger partial charge in [0, 0.05) is 37.4 Å². The zero-order valence-electron chi connectivity index (χ0n) is 16.7. The third-order valence-electron chi connectivity index (χ3n) is 5.57. The minimum absolute atomic E-state index is 0.0284. The van der Waals surface area contributed by atoms with Crippen LogP contribution in [0.1, 0.15) is 45.4 Å². The van der Waals surface area contributed by atoms with Crippen LogP contribution in [-0.4, -0.2) is 65.2 Å². The highest BCUT2D eigenvalue weighted by Crippen LogP contribution is 2.26. The standard InChI is InChI=1S/C21H32N4O3/c1-2-6-19(26)22-17-7-5-8-18(15-17)23-20(27)25-13-9-21(28,10-14-25)16-24-11-3-4-12-24/h5,7-8,15,28H,2-4,6,9-14,16H2,1H3,(H,22,26)(H,23,27). The molecule has 0 unspecified atom stereocenters. The molecule has 2 saturated heterocycles. The van der Waals surface area contributed by atoms with Crippen LogP contribution < -0.4 is 10.6 Å². The van der Waals surface area contributed by atoms with E-state index in [1.54, 1.807) is 17.0 Å². The van der Waals surface area contributed by atoms with E-state index < -0.39 is 5.60 Å². The molecule has 0 spiro atoms. The van der Waals surface area contributed by atoms with Crippen molar-refractivity contribution in [1.29, 1.82) is 0 Å². The Labute approximate surface area is 167 Å². The molecule has 0 aliphatic carbocycles. The molecule has 0 radical (unpaired) electrons. The van der Waals surface area contributed by atoms with Gasteiger partial charge in [0.2, 0.25) is 5.91 Å². The smallest absolute Gasteiger partial charge is 0.321 e. The summed E-state index contributed by atoms with van der Waals surface area (Å²) in [5, 5.41) is 16.6. The van der Waals surface area contributed by atoms with Crippen molar-refractivity contribution in [2.24, 2.45) is 0 Å². The van der Waals surface area contributed by atoms with Crippen molar-refractivity contribution >= 4 is 23.3 Å². The van der Waals surface area contributed by atoms with Gasteiger partial charge in [-0.1, -0.05) is 13.0 Å². The Morgan fingerprint density at radius 3 is 2.36 bits per heavy atom. The first-order valence-corrected chi connectivity index (χ1v) is 10.4. The first-order chi connectivity index (χ1) is 13.5. The number of carbonyl (C=O) groups is 2. The highest BCUT2D eigenvalue weighted by Gasteiger charge is 2.36. The van der Waals surface area contributed by atoms with Gasteiger partial charge in [-0.15, -0.1) is 0 Å². The highest BCUT2D eigenvalue weighted by atomic mass is 16.3. The van der Waals surface area contributed by atoms with E-state index in [2.05, 4.69) is 15.5 Å². The van der Waals surface area contributed by atoms with Gasteiger partial charge in [-0.3, -0.25) is 4.79 Å². The van der Waals surface area contributed by atoms with Gasteiger partial charge in [0.15, 0.2) is 0 Å². The molecule has 1 aromatic rings. The number of benzene rings is 1. The third-order valence-corrected chi connectivity index (χ3v) is 5.57. The van der Waals surface area contributed by atoms with Crippen LogP contribution >= 0.6 is 0 Å². The van der Waals surface area contributed by atoms with Gasteiger partial charge in [0.25, 0.3) is 0 Å². The van der Waals surface area contributed by atoms with E-state index in [4.69, 9.17) is 0 Å². The fraction of sp³-hybridized carbons (Fsp3) is 0.619. The van der Waals surface area contributed by atoms with Gasteiger partial charge in [-0.2, -0.15) is 0 Å². The van der Waals surface area contributed by atoms with Crippen molar-refractivity contribution in [2.45, 2.75) is 51.0 Å². The maximum atomic E-state index is 12.6. The van der Waals surface area contributed by atoms with Crippen molar-refractivity contribution < 1.29 is 14.7 Å². The fourth-order valence-corrected chi connectivity index (χ4v) is 3.97. The lowest BCUT2D eigenvalue weighted by atomic mass is 9.91. The molecule has 2 aliphatic rings. The van der Waals surface area contributed by atoms with Crippen LogP contribution in [0.25, 0.3) is 0 Å². The Hall–Kier alpha value is -2.12. The summed E-state index contributed by atoms with van der Waals surface area (Å²) in [6.45, 7) is 5.89. The van der Waals surface area contributed by atoms with Gasteiger partial charge >= 0.3 is 6.03 Å². The van der Waals surface area contributed by atoms with Gasteiger partial charge in [0.05, 0.1) is 5.60 Å². The minimum Gasteiger partial charge on any atom is -0.388 e. The van der Waals surface area contributed by atoms with Crippen LogP contribution in [0, 0.1) is 0 Å². The molecular formula is C21H32N4O3. The molecule has 0 bridgehead atoms. The Bertz CT molecular complexity index is 680. The van der Waals surface area contributed by atoms with Crippen molar-refractivity contribution in [2.75, 3.05) is 43.4 Å². The molecule has 3 N–H and O–H groups in total. The number of amides is 3. The molecular weight excluding hydrogens is 356 g/mol. The minimum atomic E-state index is -0.690. The summed E-state index contributed by atoms with van der Waals surface area (Å²) in [6.07, 6.45) is 4.89. The number of carbonyl (C=O) groups excluding carboxylic acids is 2. The average Bonchev–Trinajstić information content (AvgIpc) is 3.15. The summed E-state index contributed by atoms with van der Waals surface area (Å²) in [5.41, 5.74) is 0.636. The molecule has 1 aromatic carbocycles. The molecule has 154 valence electrons. The van der Waals surface area contributed by atoms with E-state index in [9.17, 15) is 14.7 Å². The highest BCUT2D eigenvalue weighted by molar-refractivity contribution is 5.93. The summed E-state index contributed by atoms with van der Waals surface area (Å²) in [7, 11) is 0. The first kappa shape index (κ1) is 20.6. The molecule has 7 heteroatoms. The molecule has 2 aliphatic heterocycles. The summed E-state index contributed by atoms with van der Waals surface area (Å²) >= 11 is 0. The van der Waals surface area contributed by atoms with Crippen molar-refractivity contribution in [3.63, 3.8) is 0 Å². The zero-order valence-corrected chi connectivity index (χ0v) is 16.7. The van der Waals surface area contributed by atoms with Gasteiger partial charge < -0.3 is 25.5 Å². The second kappa shape index (κ2) is 9.39. The number of nitrogens with one attached hydrogen (secondary N) is 2. The molecule has 28 heavy (non-hydrogen) atoms. The lowest BCUT2D eigenvalue weighted by molar-refractivity contribution is -0.116. The summed E-state index contributed by atoms with van der Waals surface area (Å²) in [4.78, 5) is 28.4. The maximum absolute atomic E-state index is 12.6. The predicted molar refractivity (Wildman–Crippen MR) is 110 cm³/mol. The summed E-state index contributed by atoms with van der Waals surface area (Å²) < 4.78 is 0. The van der Waals surface area contributed by atoms with Crippen LogP contribution in [0.3, 0.4) is 0 Å². The number of hydrogen-bond donors (Lipinski definition) is 3. The molecule has 0 saturated carbocycles. The molecule has 3 rings (SSSR count). The lowest BCUT2D eigenvalue weighted by Gasteiger charge is -2.40. The molecule has 0 aromatic heterocycles. The van der Waals surface area contributed by atoms with Gasteiger partial charge in [0.1, 0.15) is 0 Å². The van der Waals surface area contributed by atoms with Crippen LogP contribution in [0.5, 0.6) is 0 Å². The fourth-order valence-electron chi connectivity index (χ4n) is 3.97. The Kier molecular flexibility index (Phi) is 6.91. The van der Waals surface area contributed by atoms with Crippen LogP contribution in [-0.2, 0) is 4.79 Å². The quantitative estimate of drug-likeness (QED) is 0.700. The second-order valence-electron chi connectivity index (χ2n) is 8.00. The van der Waals surface area contributed by atoms with Crippen LogP contribution in [0.2, 0.25) is 0 Å². The number of aliphatic hydroxyl groups is 1. The number of likely N-dealkylation sites (tertiary alicyclic amines) is 2. The van der Waals surface area contributed by atoms with E-state index in [0.717, 1.165) is 19.5 Å². The SMILES string of the molecule is CCCC(=O)Nc1cccc(NC(=O)N2CCC(O)(CN3CCCC3)CC2)c1. The normalized spacial score (nSPS) is 19.4.